The Morgan fingerprint density at radius 3 is 2.27 bits per heavy atom. The maximum absolute atomic E-state index is 12.8. The summed E-state index contributed by atoms with van der Waals surface area (Å²) in [6.45, 7) is 0. The van der Waals surface area contributed by atoms with E-state index in [1.807, 2.05) is 66.9 Å². The number of hydrogen-bond acceptors (Lipinski definition) is 1. The highest BCUT2D eigenvalue weighted by molar-refractivity contribution is 14.1. The summed E-state index contributed by atoms with van der Waals surface area (Å²) in [5.74, 6) is 0.0374. The van der Waals surface area contributed by atoms with Crippen LogP contribution < -0.4 is 0 Å². The van der Waals surface area contributed by atoms with Crippen molar-refractivity contribution >= 4 is 28.4 Å². The molecule has 26 heavy (non-hydrogen) atoms. The molecular formula is C22H17IN2O. The normalized spacial score (nSPS) is 12.0. The maximum atomic E-state index is 12.8. The highest BCUT2D eigenvalue weighted by Crippen LogP contribution is 2.30. The van der Waals surface area contributed by atoms with Gasteiger partial charge in [0, 0.05) is 26.7 Å². The van der Waals surface area contributed by atoms with Gasteiger partial charge in [0.1, 0.15) is 0 Å². The Morgan fingerprint density at radius 1 is 0.808 bits per heavy atom. The summed E-state index contributed by atoms with van der Waals surface area (Å²) in [6.07, 6.45) is 1.92. The molecule has 4 heteroatoms. The lowest BCUT2D eigenvalue weighted by molar-refractivity contribution is 0.103. The Balaban J connectivity index is 1.70. The Kier molecular flexibility index (Phi) is 4.75. The minimum absolute atomic E-state index is 0.00551. The molecular weight excluding hydrogens is 435 g/mol. The van der Waals surface area contributed by atoms with E-state index >= 15 is 0 Å². The first-order valence-electron chi connectivity index (χ1n) is 8.40. The van der Waals surface area contributed by atoms with E-state index in [-0.39, 0.29) is 11.7 Å². The van der Waals surface area contributed by atoms with Crippen LogP contribution in [0.3, 0.4) is 0 Å². The van der Waals surface area contributed by atoms with E-state index in [2.05, 4.69) is 50.8 Å². The van der Waals surface area contributed by atoms with E-state index in [9.17, 15) is 4.79 Å². The van der Waals surface area contributed by atoms with Crippen molar-refractivity contribution in [3.63, 3.8) is 0 Å². The minimum atomic E-state index is 0.00551. The zero-order valence-electron chi connectivity index (χ0n) is 13.9. The van der Waals surface area contributed by atoms with Gasteiger partial charge in [0.05, 0.1) is 11.6 Å². The Hall–Kier alpha value is -2.60. The van der Waals surface area contributed by atoms with Crippen LogP contribution in [0.2, 0.25) is 0 Å². The molecule has 0 amide bonds. The zero-order chi connectivity index (χ0) is 17.9. The van der Waals surface area contributed by atoms with Crippen LogP contribution in [0.15, 0.2) is 85.1 Å². The molecule has 128 valence electrons. The summed E-state index contributed by atoms with van der Waals surface area (Å²) in [5.41, 5.74) is 4.55. The van der Waals surface area contributed by atoms with Crippen molar-refractivity contribution in [1.82, 2.24) is 9.97 Å². The van der Waals surface area contributed by atoms with Crippen molar-refractivity contribution in [3.05, 3.63) is 117 Å². The van der Waals surface area contributed by atoms with Crippen LogP contribution >= 0.6 is 22.6 Å². The fourth-order valence-electron chi connectivity index (χ4n) is 3.17. The van der Waals surface area contributed by atoms with Crippen LogP contribution in [-0.4, -0.2) is 15.8 Å². The van der Waals surface area contributed by atoms with Crippen molar-refractivity contribution in [2.75, 3.05) is 0 Å². The molecule has 0 fully saturated rings. The Morgan fingerprint density at radius 2 is 1.58 bits per heavy atom. The molecule has 0 spiro atoms. The molecule has 3 nitrogen and oxygen atoms in total. The van der Waals surface area contributed by atoms with Gasteiger partial charge in [0.15, 0.2) is 0 Å². The van der Waals surface area contributed by atoms with Gasteiger partial charge in [-0.25, -0.2) is 0 Å². The number of hydrogen-bond donors (Lipinski definition) is 2. The number of benzene rings is 2. The van der Waals surface area contributed by atoms with Crippen LogP contribution in [0, 0.1) is 3.57 Å². The molecule has 0 aliphatic carbocycles. The van der Waals surface area contributed by atoms with Crippen molar-refractivity contribution in [2.24, 2.45) is 0 Å². The summed E-state index contributed by atoms with van der Waals surface area (Å²) in [7, 11) is 0. The van der Waals surface area contributed by atoms with E-state index in [1.54, 1.807) is 0 Å². The fourth-order valence-corrected chi connectivity index (χ4v) is 3.53. The van der Waals surface area contributed by atoms with Crippen molar-refractivity contribution < 1.29 is 4.79 Å². The number of carbonyl (C=O) groups is 1. The van der Waals surface area contributed by atoms with Gasteiger partial charge in [-0.05, 0) is 76.7 Å². The van der Waals surface area contributed by atoms with Crippen LogP contribution in [0.5, 0.6) is 0 Å². The van der Waals surface area contributed by atoms with E-state index in [0.717, 1.165) is 15.0 Å². The summed E-state index contributed by atoms with van der Waals surface area (Å²) in [5, 5.41) is 0. The third kappa shape index (κ3) is 3.37. The topological polar surface area (TPSA) is 48.6 Å². The number of H-pyrrole nitrogens is 2. The number of halogens is 1. The summed E-state index contributed by atoms with van der Waals surface area (Å²) >= 11 is 2.24. The standard InChI is InChI=1S/C22H17IN2O/c23-17-10-8-16(9-11-17)22(26)20-13-12-19(25-20)21(18-7-4-14-24-18)15-5-2-1-3-6-15/h1-14,21,24-25H. The zero-order valence-corrected chi connectivity index (χ0v) is 16.1. The highest BCUT2D eigenvalue weighted by atomic mass is 127. The van der Waals surface area contributed by atoms with Crippen molar-refractivity contribution in [2.45, 2.75) is 5.92 Å². The van der Waals surface area contributed by atoms with E-state index in [1.165, 1.54) is 5.56 Å². The quantitative estimate of drug-likeness (QED) is 0.311. The molecule has 0 saturated carbocycles. The molecule has 0 aliphatic rings. The Labute approximate surface area is 165 Å². The second-order valence-electron chi connectivity index (χ2n) is 6.13. The van der Waals surface area contributed by atoms with Crippen LogP contribution in [0.25, 0.3) is 0 Å². The van der Waals surface area contributed by atoms with E-state index in [0.29, 0.717) is 11.3 Å². The lowest BCUT2D eigenvalue weighted by Gasteiger charge is -2.15. The third-order valence-corrected chi connectivity index (χ3v) is 5.16. The first kappa shape index (κ1) is 16.8. The Bertz CT molecular complexity index is 1000. The maximum Gasteiger partial charge on any atom is 0.209 e. The molecule has 2 heterocycles. The largest absolute Gasteiger partial charge is 0.364 e. The van der Waals surface area contributed by atoms with Gasteiger partial charge < -0.3 is 9.97 Å². The van der Waals surface area contributed by atoms with Gasteiger partial charge in [-0.3, -0.25) is 4.79 Å². The van der Waals surface area contributed by atoms with E-state index < -0.39 is 0 Å². The minimum Gasteiger partial charge on any atom is -0.364 e. The average Bonchev–Trinajstić information content (AvgIpc) is 3.36. The van der Waals surface area contributed by atoms with Crippen LogP contribution in [0.4, 0.5) is 0 Å². The first-order valence-corrected chi connectivity index (χ1v) is 9.47. The second kappa shape index (κ2) is 7.33. The molecule has 1 unspecified atom stereocenters. The second-order valence-corrected chi connectivity index (χ2v) is 7.38. The van der Waals surface area contributed by atoms with Crippen LogP contribution in [-0.2, 0) is 0 Å². The molecule has 2 N–H and O–H groups in total. The van der Waals surface area contributed by atoms with E-state index in [4.69, 9.17) is 0 Å². The number of aromatic amines is 2. The van der Waals surface area contributed by atoms with Gasteiger partial charge in [0.2, 0.25) is 5.78 Å². The number of aromatic nitrogens is 2. The summed E-state index contributed by atoms with van der Waals surface area (Å²) < 4.78 is 1.11. The number of ketones is 1. The third-order valence-electron chi connectivity index (χ3n) is 4.44. The molecule has 0 radical (unpaired) electrons. The SMILES string of the molecule is O=C(c1ccc(I)cc1)c1ccc(C(c2ccccc2)c2ccc[nH]2)[nH]1. The van der Waals surface area contributed by atoms with Crippen molar-refractivity contribution in [3.8, 4) is 0 Å². The number of carbonyl (C=O) groups excluding carboxylic acids is 1. The smallest absolute Gasteiger partial charge is 0.209 e. The van der Waals surface area contributed by atoms with Gasteiger partial charge >= 0.3 is 0 Å². The summed E-state index contributed by atoms with van der Waals surface area (Å²) in [4.78, 5) is 19.4. The molecule has 0 aliphatic heterocycles. The molecule has 4 aromatic rings. The molecule has 2 aromatic heterocycles. The highest BCUT2D eigenvalue weighted by Gasteiger charge is 2.20. The lowest BCUT2D eigenvalue weighted by Crippen LogP contribution is -2.06. The lowest BCUT2D eigenvalue weighted by atomic mass is 9.93. The van der Waals surface area contributed by atoms with Gasteiger partial charge in [-0.2, -0.15) is 0 Å². The summed E-state index contributed by atoms with van der Waals surface area (Å²) in [6, 6.07) is 25.8. The van der Waals surface area contributed by atoms with Gasteiger partial charge in [0.25, 0.3) is 0 Å². The van der Waals surface area contributed by atoms with Crippen LogP contribution in [0.1, 0.15) is 38.9 Å². The van der Waals surface area contributed by atoms with Gasteiger partial charge in [-0.15, -0.1) is 0 Å². The predicted molar refractivity (Wildman–Crippen MR) is 112 cm³/mol. The molecule has 1 atom stereocenters. The number of rotatable bonds is 5. The van der Waals surface area contributed by atoms with Gasteiger partial charge in [-0.1, -0.05) is 30.3 Å². The monoisotopic (exact) mass is 452 g/mol. The molecule has 2 aromatic carbocycles. The fraction of sp³-hybridized carbons (Fsp3) is 0.0455. The first-order chi connectivity index (χ1) is 12.7. The number of nitrogens with one attached hydrogen (secondary N) is 2. The molecule has 4 rings (SSSR count). The molecule has 0 saturated heterocycles. The predicted octanol–water partition coefficient (Wildman–Crippen LogP) is 5.36. The average molecular weight is 452 g/mol. The van der Waals surface area contributed by atoms with Crippen molar-refractivity contribution in [1.29, 1.82) is 0 Å². The molecule has 0 bridgehead atoms.